The van der Waals surface area contributed by atoms with Gasteiger partial charge >= 0.3 is 11.9 Å². The first-order valence-electron chi connectivity index (χ1n) is 6.72. The fourth-order valence-corrected chi connectivity index (χ4v) is 1.80. The van der Waals surface area contributed by atoms with Gasteiger partial charge in [0.25, 0.3) is 0 Å². The predicted molar refractivity (Wildman–Crippen MR) is 74.6 cm³/mol. The molecule has 0 bridgehead atoms. The lowest BCUT2D eigenvalue weighted by Gasteiger charge is -2.28. The molecule has 21 heavy (non-hydrogen) atoms. The van der Waals surface area contributed by atoms with Gasteiger partial charge in [0, 0.05) is 6.42 Å². The fraction of sp³-hybridized carbons (Fsp3) is 0.714. The molecule has 0 unspecified atom stereocenters. The molecule has 0 fully saturated rings. The molecule has 0 aromatic rings. The first kappa shape index (κ1) is 19.2. The minimum absolute atomic E-state index is 0.0669. The van der Waals surface area contributed by atoms with Crippen molar-refractivity contribution in [1.82, 2.24) is 0 Å². The van der Waals surface area contributed by atoms with Gasteiger partial charge in [-0.2, -0.15) is 0 Å². The molecule has 0 aliphatic rings. The molecule has 0 spiro atoms. The summed E-state index contributed by atoms with van der Waals surface area (Å²) in [7, 11) is 5.58. The molecule has 1 atom stereocenters. The minimum atomic E-state index is -1.05. The number of Topliss-reactive ketones (excluding diaryl/α,β-unsaturated/α-hetero) is 2. The highest BCUT2D eigenvalue weighted by molar-refractivity contribution is 5.98. The van der Waals surface area contributed by atoms with Crippen LogP contribution in [0, 0.1) is 0 Å². The molecule has 0 rings (SSSR count). The van der Waals surface area contributed by atoms with Gasteiger partial charge in [-0.15, -0.1) is 0 Å². The maximum Gasteiger partial charge on any atom is 0.307 e. The van der Waals surface area contributed by atoms with Crippen LogP contribution in [0.5, 0.6) is 0 Å². The van der Waals surface area contributed by atoms with Gasteiger partial charge in [0.15, 0.2) is 6.10 Å². The number of carboxylic acid groups (broad SMARTS) is 1. The molecule has 0 aliphatic heterocycles. The molecular formula is C14H24NO6+. The number of rotatable bonds is 10. The Balaban J connectivity index is 4.36. The van der Waals surface area contributed by atoms with Gasteiger partial charge in [0.1, 0.15) is 18.1 Å². The SMILES string of the molecule is CC(=O)CC(=O)CCC(=O)O[C@@H](CC(=O)O)C[N+](C)(C)C. The first-order valence-corrected chi connectivity index (χ1v) is 6.72. The molecule has 0 saturated carbocycles. The summed E-state index contributed by atoms with van der Waals surface area (Å²) in [5.41, 5.74) is 0. The van der Waals surface area contributed by atoms with Gasteiger partial charge in [0.05, 0.1) is 40.4 Å². The van der Waals surface area contributed by atoms with Crippen LogP contribution in [-0.2, 0) is 23.9 Å². The van der Waals surface area contributed by atoms with Crippen molar-refractivity contribution in [1.29, 1.82) is 0 Å². The molecule has 7 nitrogen and oxygen atoms in total. The molecule has 0 radical (unpaired) electrons. The van der Waals surface area contributed by atoms with Crippen LogP contribution in [0.1, 0.15) is 32.6 Å². The van der Waals surface area contributed by atoms with Crippen LogP contribution in [-0.4, -0.2) is 66.9 Å². The highest BCUT2D eigenvalue weighted by Crippen LogP contribution is 2.08. The van der Waals surface area contributed by atoms with Gasteiger partial charge in [-0.3, -0.25) is 19.2 Å². The topological polar surface area (TPSA) is 97.7 Å². The van der Waals surface area contributed by atoms with Crippen molar-refractivity contribution in [2.75, 3.05) is 27.7 Å². The van der Waals surface area contributed by atoms with Crippen molar-refractivity contribution in [2.24, 2.45) is 0 Å². The molecule has 0 heterocycles. The summed E-state index contributed by atoms with van der Waals surface area (Å²) in [4.78, 5) is 44.5. The van der Waals surface area contributed by atoms with Crippen molar-refractivity contribution >= 4 is 23.5 Å². The zero-order valence-electron chi connectivity index (χ0n) is 13.0. The second-order valence-corrected chi connectivity index (χ2v) is 6.10. The summed E-state index contributed by atoms with van der Waals surface area (Å²) < 4.78 is 5.57. The Morgan fingerprint density at radius 2 is 1.67 bits per heavy atom. The summed E-state index contributed by atoms with van der Waals surface area (Å²) >= 11 is 0. The minimum Gasteiger partial charge on any atom is -0.481 e. The van der Waals surface area contributed by atoms with Crippen molar-refractivity contribution in [3.05, 3.63) is 0 Å². The van der Waals surface area contributed by atoms with E-state index in [1.807, 2.05) is 21.1 Å². The van der Waals surface area contributed by atoms with Crippen molar-refractivity contribution in [3.8, 4) is 0 Å². The highest BCUT2D eigenvalue weighted by Gasteiger charge is 2.25. The largest absolute Gasteiger partial charge is 0.481 e. The number of aliphatic carboxylic acids is 1. The summed E-state index contributed by atoms with van der Waals surface area (Å²) in [5, 5.41) is 8.82. The number of hydrogen-bond acceptors (Lipinski definition) is 5. The van der Waals surface area contributed by atoms with Crippen LogP contribution in [0.15, 0.2) is 0 Å². The van der Waals surface area contributed by atoms with E-state index in [1.54, 1.807) is 0 Å². The summed E-state index contributed by atoms with van der Waals surface area (Å²) in [6.45, 7) is 1.67. The zero-order chi connectivity index (χ0) is 16.6. The molecule has 0 saturated heterocycles. The van der Waals surface area contributed by atoms with Gasteiger partial charge in [-0.1, -0.05) is 0 Å². The molecule has 0 amide bonds. The zero-order valence-corrected chi connectivity index (χ0v) is 13.0. The summed E-state index contributed by atoms with van der Waals surface area (Å²) in [6.07, 6.45) is -1.41. The maximum absolute atomic E-state index is 11.7. The predicted octanol–water partition coefficient (Wildman–Crippen LogP) is 0.408. The standard InChI is InChI=1S/C14H23NO6/c1-10(16)7-11(17)5-6-14(20)21-12(8-13(18)19)9-15(2,3)4/h12H,5-9H2,1-4H3/p+1/t12-/m0/s1. The maximum atomic E-state index is 11.7. The Kier molecular flexibility index (Phi) is 7.80. The van der Waals surface area contributed by atoms with E-state index in [-0.39, 0.29) is 37.2 Å². The number of hydrogen-bond donors (Lipinski definition) is 1. The van der Waals surface area contributed by atoms with E-state index in [2.05, 4.69) is 0 Å². The van der Waals surface area contributed by atoms with Crippen LogP contribution in [0.4, 0.5) is 0 Å². The van der Waals surface area contributed by atoms with Gasteiger partial charge in [0.2, 0.25) is 0 Å². The monoisotopic (exact) mass is 302 g/mol. The number of esters is 1. The quantitative estimate of drug-likeness (QED) is 0.356. The van der Waals surface area contributed by atoms with Gasteiger partial charge in [-0.25, -0.2) is 0 Å². The summed E-state index contributed by atoms with van der Waals surface area (Å²) in [5.74, 6) is -2.23. The smallest absolute Gasteiger partial charge is 0.307 e. The molecule has 0 aromatic heterocycles. The molecule has 0 aromatic carbocycles. The molecular weight excluding hydrogens is 278 g/mol. The van der Waals surface area contributed by atoms with Crippen LogP contribution >= 0.6 is 0 Å². The second-order valence-electron chi connectivity index (χ2n) is 6.10. The number of ketones is 2. The number of quaternary nitrogens is 1. The Hall–Kier alpha value is -1.76. The second kappa shape index (κ2) is 8.51. The molecule has 7 heteroatoms. The lowest BCUT2D eigenvalue weighted by molar-refractivity contribution is -0.873. The van der Waals surface area contributed by atoms with Crippen LogP contribution < -0.4 is 0 Å². The van der Waals surface area contributed by atoms with Crippen molar-refractivity contribution in [3.63, 3.8) is 0 Å². The number of carbonyl (C=O) groups excluding carboxylic acids is 3. The highest BCUT2D eigenvalue weighted by atomic mass is 16.5. The Morgan fingerprint density at radius 3 is 2.10 bits per heavy atom. The number of ether oxygens (including phenoxy) is 1. The molecule has 1 N–H and O–H groups in total. The van der Waals surface area contributed by atoms with Gasteiger partial charge in [-0.05, 0) is 6.92 Å². The van der Waals surface area contributed by atoms with E-state index >= 15 is 0 Å². The third-order valence-corrected chi connectivity index (χ3v) is 2.51. The third-order valence-electron chi connectivity index (χ3n) is 2.51. The van der Waals surface area contributed by atoms with E-state index in [9.17, 15) is 19.2 Å². The van der Waals surface area contributed by atoms with E-state index in [0.29, 0.717) is 11.0 Å². The average Bonchev–Trinajstić information content (AvgIpc) is 2.21. The van der Waals surface area contributed by atoms with E-state index in [4.69, 9.17) is 9.84 Å². The molecule has 0 aliphatic carbocycles. The number of carbonyl (C=O) groups is 4. The summed E-state index contributed by atoms with van der Waals surface area (Å²) in [6, 6.07) is 0. The van der Waals surface area contributed by atoms with E-state index in [1.165, 1.54) is 6.92 Å². The number of carboxylic acids is 1. The van der Waals surface area contributed by atoms with Crippen LogP contribution in [0.2, 0.25) is 0 Å². The van der Waals surface area contributed by atoms with Crippen LogP contribution in [0.25, 0.3) is 0 Å². The number of nitrogens with zero attached hydrogens (tertiary/aromatic N) is 1. The third kappa shape index (κ3) is 11.7. The fourth-order valence-electron chi connectivity index (χ4n) is 1.80. The first-order chi connectivity index (χ1) is 9.49. The lowest BCUT2D eigenvalue weighted by Crippen LogP contribution is -2.43. The van der Waals surface area contributed by atoms with E-state index < -0.39 is 18.0 Å². The van der Waals surface area contributed by atoms with Crippen molar-refractivity contribution < 1.29 is 33.5 Å². The Labute approximate surface area is 124 Å². The van der Waals surface area contributed by atoms with Gasteiger partial charge < -0.3 is 14.3 Å². The van der Waals surface area contributed by atoms with Crippen molar-refractivity contribution in [2.45, 2.75) is 38.7 Å². The lowest BCUT2D eigenvalue weighted by atomic mass is 10.1. The molecule has 120 valence electrons. The normalized spacial score (nSPS) is 12.6. The Bertz CT molecular complexity index is 410. The Morgan fingerprint density at radius 1 is 1.10 bits per heavy atom. The number of likely N-dealkylation sites (N-methyl/N-ethyl adjacent to an activating group) is 1. The van der Waals surface area contributed by atoms with Crippen LogP contribution in [0.3, 0.4) is 0 Å². The average molecular weight is 302 g/mol. The van der Waals surface area contributed by atoms with E-state index in [0.717, 1.165) is 0 Å².